The molecule has 1 saturated carbocycles. The van der Waals surface area contributed by atoms with E-state index in [4.69, 9.17) is 5.11 Å². The molecule has 70 valence electrons. The van der Waals surface area contributed by atoms with Crippen molar-refractivity contribution in [1.82, 2.24) is 9.78 Å². The molecule has 0 aromatic carbocycles. The zero-order valence-corrected chi connectivity index (χ0v) is 7.26. The van der Waals surface area contributed by atoms with Gasteiger partial charge in [-0.1, -0.05) is 6.42 Å². The van der Waals surface area contributed by atoms with Gasteiger partial charge in [0.2, 0.25) is 0 Å². The fraction of sp³-hybridized carbons (Fsp3) is 0.556. The first-order chi connectivity index (χ1) is 6.29. The lowest BCUT2D eigenvalue weighted by Crippen LogP contribution is -2.21. The molecule has 1 aromatic heterocycles. The predicted octanol–water partition coefficient (Wildman–Crippen LogP) is 1.31. The maximum absolute atomic E-state index is 10.9. The van der Waals surface area contributed by atoms with Crippen LogP contribution in [0.2, 0.25) is 0 Å². The molecule has 0 bridgehead atoms. The number of carboxylic acid groups (broad SMARTS) is 1. The highest BCUT2D eigenvalue weighted by atomic mass is 16.4. The molecule has 2 atom stereocenters. The topological polar surface area (TPSA) is 55.1 Å². The van der Waals surface area contributed by atoms with E-state index < -0.39 is 5.97 Å². The molecule has 0 saturated heterocycles. The van der Waals surface area contributed by atoms with Crippen molar-refractivity contribution in [2.75, 3.05) is 0 Å². The summed E-state index contributed by atoms with van der Waals surface area (Å²) >= 11 is 0. The maximum Gasteiger partial charge on any atom is 0.308 e. The smallest absolute Gasteiger partial charge is 0.308 e. The number of aromatic nitrogens is 2. The van der Waals surface area contributed by atoms with E-state index in [1.165, 1.54) is 0 Å². The highest BCUT2D eigenvalue weighted by Gasteiger charge is 2.34. The highest BCUT2D eigenvalue weighted by molar-refractivity contribution is 5.71. The average Bonchev–Trinajstić information content (AvgIpc) is 2.74. The van der Waals surface area contributed by atoms with Crippen LogP contribution in [-0.2, 0) is 4.79 Å². The normalized spacial score (nSPS) is 27.7. The summed E-state index contributed by atoms with van der Waals surface area (Å²) in [5, 5.41) is 13.0. The maximum atomic E-state index is 10.9. The van der Waals surface area contributed by atoms with Gasteiger partial charge in [-0.05, 0) is 18.9 Å². The fourth-order valence-corrected chi connectivity index (χ4v) is 2.02. The van der Waals surface area contributed by atoms with Crippen LogP contribution < -0.4 is 0 Å². The predicted molar refractivity (Wildman–Crippen MR) is 46.2 cm³/mol. The van der Waals surface area contributed by atoms with E-state index in [0.717, 1.165) is 19.3 Å². The summed E-state index contributed by atoms with van der Waals surface area (Å²) in [6.07, 6.45) is 6.23. The fourth-order valence-electron chi connectivity index (χ4n) is 2.02. The molecule has 0 aliphatic heterocycles. The summed E-state index contributed by atoms with van der Waals surface area (Å²) < 4.78 is 1.77. The Morgan fingerprint density at radius 2 is 2.38 bits per heavy atom. The van der Waals surface area contributed by atoms with Gasteiger partial charge in [0, 0.05) is 12.4 Å². The molecule has 1 aromatic rings. The van der Waals surface area contributed by atoms with Crippen LogP contribution in [0.25, 0.3) is 0 Å². The summed E-state index contributed by atoms with van der Waals surface area (Å²) in [4.78, 5) is 10.9. The highest BCUT2D eigenvalue weighted by Crippen LogP contribution is 2.35. The second-order valence-corrected chi connectivity index (χ2v) is 3.43. The first kappa shape index (κ1) is 8.29. The van der Waals surface area contributed by atoms with Gasteiger partial charge in [0.25, 0.3) is 0 Å². The summed E-state index contributed by atoms with van der Waals surface area (Å²) in [6, 6.07) is 1.89. The van der Waals surface area contributed by atoms with Crippen LogP contribution in [0, 0.1) is 5.92 Å². The van der Waals surface area contributed by atoms with Crippen molar-refractivity contribution >= 4 is 5.97 Å². The first-order valence-electron chi connectivity index (χ1n) is 4.51. The molecule has 1 fully saturated rings. The average molecular weight is 180 g/mol. The van der Waals surface area contributed by atoms with E-state index in [1.54, 1.807) is 10.9 Å². The third kappa shape index (κ3) is 1.43. The van der Waals surface area contributed by atoms with E-state index in [1.807, 2.05) is 12.3 Å². The number of hydrogen-bond acceptors (Lipinski definition) is 2. The monoisotopic (exact) mass is 180 g/mol. The molecule has 0 amide bonds. The number of carboxylic acids is 1. The van der Waals surface area contributed by atoms with Crippen LogP contribution in [0.1, 0.15) is 25.3 Å². The van der Waals surface area contributed by atoms with Gasteiger partial charge < -0.3 is 5.11 Å². The Kier molecular flexibility index (Phi) is 2.04. The number of aliphatic carboxylic acids is 1. The summed E-state index contributed by atoms with van der Waals surface area (Å²) in [7, 11) is 0. The van der Waals surface area contributed by atoms with Crippen LogP contribution in [0.5, 0.6) is 0 Å². The molecule has 1 aliphatic carbocycles. The van der Waals surface area contributed by atoms with Crippen LogP contribution in [0.3, 0.4) is 0 Å². The van der Waals surface area contributed by atoms with Gasteiger partial charge >= 0.3 is 5.97 Å². The van der Waals surface area contributed by atoms with Crippen LogP contribution in [0.4, 0.5) is 0 Å². The summed E-state index contributed by atoms with van der Waals surface area (Å²) in [5.41, 5.74) is 0. The molecule has 4 heteroatoms. The zero-order valence-electron chi connectivity index (χ0n) is 7.26. The molecule has 4 nitrogen and oxygen atoms in total. The van der Waals surface area contributed by atoms with E-state index in [9.17, 15) is 4.79 Å². The zero-order chi connectivity index (χ0) is 9.26. The van der Waals surface area contributed by atoms with Crippen molar-refractivity contribution in [3.05, 3.63) is 18.5 Å². The van der Waals surface area contributed by atoms with Gasteiger partial charge in [0.15, 0.2) is 0 Å². The molecule has 0 radical (unpaired) electrons. The van der Waals surface area contributed by atoms with E-state index in [0.29, 0.717) is 0 Å². The van der Waals surface area contributed by atoms with Crippen molar-refractivity contribution in [1.29, 1.82) is 0 Å². The minimum Gasteiger partial charge on any atom is -0.481 e. The lowest BCUT2D eigenvalue weighted by atomic mass is 10.0. The molecular formula is C9H12N2O2. The quantitative estimate of drug-likeness (QED) is 0.746. The molecular weight excluding hydrogens is 168 g/mol. The van der Waals surface area contributed by atoms with Gasteiger partial charge in [0.1, 0.15) is 0 Å². The van der Waals surface area contributed by atoms with Gasteiger partial charge in [-0.3, -0.25) is 9.48 Å². The van der Waals surface area contributed by atoms with Crippen LogP contribution in [-0.4, -0.2) is 20.9 Å². The Labute approximate surface area is 76.2 Å². The molecule has 1 heterocycles. The Morgan fingerprint density at radius 3 is 3.00 bits per heavy atom. The van der Waals surface area contributed by atoms with Crippen LogP contribution >= 0.6 is 0 Å². The molecule has 1 aliphatic rings. The van der Waals surface area contributed by atoms with Crippen LogP contribution in [0.15, 0.2) is 18.5 Å². The largest absolute Gasteiger partial charge is 0.481 e. The Hall–Kier alpha value is -1.32. The third-order valence-electron chi connectivity index (χ3n) is 2.66. The van der Waals surface area contributed by atoms with Crippen molar-refractivity contribution in [2.24, 2.45) is 5.92 Å². The lowest BCUT2D eigenvalue weighted by Gasteiger charge is -2.15. The Balaban J connectivity index is 2.19. The Morgan fingerprint density at radius 1 is 1.54 bits per heavy atom. The van der Waals surface area contributed by atoms with Gasteiger partial charge in [-0.2, -0.15) is 5.10 Å². The Bertz CT molecular complexity index is 295. The van der Waals surface area contributed by atoms with Gasteiger partial charge in [0.05, 0.1) is 12.0 Å². The second kappa shape index (κ2) is 3.20. The SMILES string of the molecule is O=C(O)C1CCCC1n1cccn1. The standard InChI is InChI=1S/C9H12N2O2/c12-9(13)7-3-1-4-8(7)11-6-2-5-10-11/h2,5-8H,1,3-4H2,(H,12,13). The minimum absolute atomic E-state index is 0.0625. The molecule has 1 N–H and O–H groups in total. The van der Waals surface area contributed by atoms with E-state index in [-0.39, 0.29) is 12.0 Å². The molecule has 2 rings (SSSR count). The summed E-state index contributed by atoms with van der Waals surface area (Å²) in [6.45, 7) is 0. The van der Waals surface area contributed by atoms with Crippen molar-refractivity contribution in [3.63, 3.8) is 0 Å². The number of carbonyl (C=O) groups is 1. The van der Waals surface area contributed by atoms with Crippen molar-refractivity contribution in [3.8, 4) is 0 Å². The lowest BCUT2D eigenvalue weighted by molar-refractivity contribution is -0.142. The molecule has 0 spiro atoms. The first-order valence-corrected chi connectivity index (χ1v) is 4.51. The van der Waals surface area contributed by atoms with Crippen molar-refractivity contribution < 1.29 is 9.90 Å². The summed E-state index contributed by atoms with van der Waals surface area (Å²) in [5.74, 6) is -0.946. The molecule has 13 heavy (non-hydrogen) atoms. The minimum atomic E-state index is -0.696. The number of rotatable bonds is 2. The third-order valence-corrected chi connectivity index (χ3v) is 2.66. The van der Waals surface area contributed by atoms with Gasteiger partial charge in [-0.25, -0.2) is 0 Å². The van der Waals surface area contributed by atoms with E-state index in [2.05, 4.69) is 5.10 Å². The number of nitrogens with zero attached hydrogens (tertiary/aromatic N) is 2. The van der Waals surface area contributed by atoms with E-state index >= 15 is 0 Å². The van der Waals surface area contributed by atoms with Gasteiger partial charge in [-0.15, -0.1) is 0 Å². The molecule has 2 unspecified atom stereocenters. The second-order valence-electron chi connectivity index (χ2n) is 3.43. The van der Waals surface area contributed by atoms with Crippen molar-refractivity contribution in [2.45, 2.75) is 25.3 Å². The number of hydrogen-bond donors (Lipinski definition) is 1.